The molecule has 0 N–H and O–H groups in total. The van der Waals surface area contributed by atoms with E-state index in [0.29, 0.717) is 31.1 Å². The molecule has 1 aromatic heterocycles. The van der Waals surface area contributed by atoms with Crippen LogP contribution in [-0.2, 0) is 14.8 Å². The van der Waals surface area contributed by atoms with Gasteiger partial charge < -0.3 is 4.90 Å². The summed E-state index contributed by atoms with van der Waals surface area (Å²) in [6.45, 7) is 7.06. The molecule has 0 bridgehead atoms. The number of nitrogens with zero attached hydrogens (tertiary/aromatic N) is 2. The van der Waals surface area contributed by atoms with Gasteiger partial charge >= 0.3 is 0 Å². The minimum Gasteiger partial charge on any atom is -0.337 e. The van der Waals surface area contributed by atoms with E-state index in [1.54, 1.807) is 28.4 Å². The maximum atomic E-state index is 13.1. The van der Waals surface area contributed by atoms with Crippen molar-refractivity contribution < 1.29 is 13.2 Å². The Bertz CT molecular complexity index is 932. The van der Waals surface area contributed by atoms with Gasteiger partial charge in [-0.2, -0.15) is 15.6 Å². The van der Waals surface area contributed by atoms with Gasteiger partial charge in [-0.05, 0) is 60.4 Å². The number of sulfonamides is 1. The van der Waals surface area contributed by atoms with Gasteiger partial charge in [0.25, 0.3) is 0 Å². The van der Waals surface area contributed by atoms with Crippen molar-refractivity contribution in [3.8, 4) is 0 Å². The fraction of sp³-hybridized carbons (Fsp3) is 0.350. The first-order chi connectivity index (χ1) is 12.8. The molecular weight excluding hydrogens is 380 g/mol. The average Bonchev–Trinajstić information content (AvgIpc) is 3.12. The Morgan fingerprint density at radius 3 is 2.26 bits per heavy atom. The van der Waals surface area contributed by atoms with E-state index >= 15 is 0 Å². The molecule has 1 aromatic carbocycles. The summed E-state index contributed by atoms with van der Waals surface area (Å²) in [5.74, 6) is -0.0825. The first-order valence-electron chi connectivity index (χ1n) is 8.86. The molecule has 2 aromatic rings. The second kappa shape index (κ2) is 7.96. The van der Waals surface area contributed by atoms with E-state index < -0.39 is 10.0 Å². The lowest BCUT2D eigenvalue weighted by atomic mass is 10.1. The van der Waals surface area contributed by atoms with Gasteiger partial charge in [0.1, 0.15) is 0 Å². The number of hydrogen-bond donors (Lipinski definition) is 0. The predicted molar refractivity (Wildman–Crippen MR) is 109 cm³/mol. The highest BCUT2D eigenvalue weighted by Gasteiger charge is 2.31. The molecule has 1 aliphatic heterocycles. The summed E-state index contributed by atoms with van der Waals surface area (Å²) >= 11 is 1.58. The molecule has 1 aliphatic rings. The lowest BCUT2D eigenvalue weighted by Crippen LogP contribution is -2.50. The second-order valence-electron chi connectivity index (χ2n) is 6.85. The zero-order valence-electron chi connectivity index (χ0n) is 15.8. The van der Waals surface area contributed by atoms with Crippen molar-refractivity contribution in [3.05, 3.63) is 57.3 Å². The molecule has 0 aliphatic carbocycles. The lowest BCUT2D eigenvalue weighted by molar-refractivity contribution is -0.127. The monoisotopic (exact) mass is 404 g/mol. The summed E-state index contributed by atoms with van der Waals surface area (Å²) in [5.41, 5.74) is 3.59. The third-order valence-electron chi connectivity index (χ3n) is 4.71. The number of carbonyl (C=O) groups excluding carboxylic acids is 1. The molecule has 5 nitrogen and oxygen atoms in total. The normalized spacial score (nSPS) is 16.2. The fourth-order valence-corrected chi connectivity index (χ4v) is 5.96. The van der Waals surface area contributed by atoms with Crippen LogP contribution < -0.4 is 0 Å². The number of amides is 1. The third-order valence-corrected chi connectivity index (χ3v) is 7.62. The van der Waals surface area contributed by atoms with Crippen molar-refractivity contribution in [3.63, 3.8) is 0 Å². The first-order valence-corrected chi connectivity index (χ1v) is 11.2. The highest BCUT2D eigenvalue weighted by molar-refractivity contribution is 7.89. The summed E-state index contributed by atoms with van der Waals surface area (Å²) in [6, 6.07) is 5.75. The highest BCUT2D eigenvalue weighted by Crippen LogP contribution is 2.26. The molecule has 2 heterocycles. The van der Waals surface area contributed by atoms with Crippen LogP contribution in [0.25, 0.3) is 6.08 Å². The molecular formula is C20H24N2O3S2. The van der Waals surface area contributed by atoms with Crippen LogP contribution in [0, 0.1) is 20.8 Å². The standard InChI is InChI=1S/C20H24N2O3S2/c1-15-12-16(2)20(17(3)13-15)27(24,25)22-9-7-21(8-10-22)19(23)5-4-18-6-11-26-14-18/h4-6,11-14H,7-10H2,1-3H3/b5-4+. The zero-order valence-corrected chi connectivity index (χ0v) is 17.4. The van der Waals surface area contributed by atoms with Crippen LogP contribution in [0.1, 0.15) is 22.3 Å². The van der Waals surface area contributed by atoms with Crippen molar-refractivity contribution >= 4 is 33.3 Å². The molecule has 0 unspecified atom stereocenters. The summed E-state index contributed by atoms with van der Waals surface area (Å²) in [4.78, 5) is 14.4. The molecule has 1 fully saturated rings. The Hall–Kier alpha value is -1.96. The number of carbonyl (C=O) groups is 1. The maximum absolute atomic E-state index is 13.1. The largest absolute Gasteiger partial charge is 0.337 e. The van der Waals surface area contributed by atoms with Crippen LogP contribution in [0.4, 0.5) is 0 Å². The van der Waals surface area contributed by atoms with Crippen molar-refractivity contribution in [2.45, 2.75) is 25.7 Å². The number of thiophene rings is 1. The van der Waals surface area contributed by atoms with Crippen molar-refractivity contribution in [1.29, 1.82) is 0 Å². The molecule has 0 radical (unpaired) electrons. The molecule has 7 heteroatoms. The van der Waals surface area contributed by atoms with E-state index in [2.05, 4.69) is 0 Å². The molecule has 27 heavy (non-hydrogen) atoms. The number of hydrogen-bond acceptors (Lipinski definition) is 4. The van der Waals surface area contributed by atoms with Crippen LogP contribution in [0.2, 0.25) is 0 Å². The van der Waals surface area contributed by atoms with Crippen LogP contribution in [0.3, 0.4) is 0 Å². The molecule has 3 rings (SSSR count). The van der Waals surface area contributed by atoms with Gasteiger partial charge in [-0.1, -0.05) is 17.7 Å². The summed E-state index contributed by atoms with van der Waals surface area (Å²) in [7, 11) is -3.56. The van der Waals surface area contributed by atoms with Crippen LogP contribution in [0.15, 0.2) is 39.9 Å². The van der Waals surface area contributed by atoms with Gasteiger partial charge in [-0.3, -0.25) is 4.79 Å². The van der Waals surface area contributed by atoms with Gasteiger partial charge in [0.2, 0.25) is 15.9 Å². The van der Waals surface area contributed by atoms with Crippen LogP contribution in [0.5, 0.6) is 0 Å². The average molecular weight is 405 g/mol. The Balaban J connectivity index is 1.69. The predicted octanol–water partition coefficient (Wildman–Crippen LogP) is 3.22. The van der Waals surface area contributed by atoms with E-state index in [4.69, 9.17) is 0 Å². The summed E-state index contributed by atoms with van der Waals surface area (Å²) in [5, 5.41) is 3.93. The Kier molecular flexibility index (Phi) is 5.83. The number of piperazine rings is 1. The minimum atomic E-state index is -3.56. The van der Waals surface area contributed by atoms with E-state index in [-0.39, 0.29) is 5.91 Å². The van der Waals surface area contributed by atoms with Gasteiger partial charge in [0, 0.05) is 32.3 Å². The second-order valence-corrected chi connectivity index (χ2v) is 9.50. The third kappa shape index (κ3) is 4.31. The van der Waals surface area contributed by atoms with Gasteiger partial charge in [-0.25, -0.2) is 8.42 Å². The van der Waals surface area contributed by atoms with Gasteiger partial charge in [0.05, 0.1) is 4.90 Å². The Morgan fingerprint density at radius 2 is 1.70 bits per heavy atom. The van der Waals surface area contributed by atoms with Gasteiger partial charge in [-0.15, -0.1) is 0 Å². The van der Waals surface area contributed by atoms with E-state index in [1.165, 1.54) is 4.31 Å². The maximum Gasteiger partial charge on any atom is 0.246 e. The topological polar surface area (TPSA) is 57.7 Å². The van der Waals surface area contributed by atoms with E-state index in [0.717, 1.165) is 22.3 Å². The van der Waals surface area contributed by atoms with E-state index in [1.807, 2.05) is 49.7 Å². The lowest BCUT2D eigenvalue weighted by Gasteiger charge is -2.34. The molecule has 0 saturated carbocycles. The van der Waals surface area contributed by atoms with Gasteiger partial charge in [0.15, 0.2) is 0 Å². The molecule has 144 valence electrons. The Morgan fingerprint density at radius 1 is 1.07 bits per heavy atom. The SMILES string of the molecule is Cc1cc(C)c(S(=O)(=O)N2CCN(C(=O)/C=C/c3ccsc3)CC2)c(C)c1. The highest BCUT2D eigenvalue weighted by atomic mass is 32.2. The van der Waals surface area contributed by atoms with Crippen molar-refractivity contribution in [1.82, 2.24) is 9.21 Å². The van der Waals surface area contributed by atoms with Crippen molar-refractivity contribution in [2.75, 3.05) is 26.2 Å². The summed E-state index contributed by atoms with van der Waals surface area (Å²) in [6.07, 6.45) is 3.35. The molecule has 0 atom stereocenters. The Labute approximate surface area is 165 Å². The number of benzene rings is 1. The zero-order chi connectivity index (χ0) is 19.6. The fourth-order valence-electron chi connectivity index (χ4n) is 3.49. The minimum absolute atomic E-state index is 0.0825. The van der Waals surface area contributed by atoms with Crippen LogP contribution >= 0.6 is 11.3 Å². The first kappa shape index (κ1) is 19.8. The van der Waals surface area contributed by atoms with Crippen LogP contribution in [-0.4, -0.2) is 49.7 Å². The quantitative estimate of drug-likeness (QED) is 0.735. The summed E-state index contributed by atoms with van der Waals surface area (Å²) < 4.78 is 27.7. The molecule has 1 amide bonds. The van der Waals surface area contributed by atoms with Crippen molar-refractivity contribution in [2.24, 2.45) is 0 Å². The molecule has 0 spiro atoms. The smallest absolute Gasteiger partial charge is 0.246 e. The number of aryl methyl sites for hydroxylation is 3. The number of rotatable bonds is 4. The van der Waals surface area contributed by atoms with E-state index in [9.17, 15) is 13.2 Å². The molecule has 1 saturated heterocycles.